The number of rotatable bonds is 3. The van der Waals surface area contributed by atoms with Crippen molar-refractivity contribution < 1.29 is 14.0 Å². The Labute approximate surface area is 159 Å². The van der Waals surface area contributed by atoms with Gasteiger partial charge in [-0.05, 0) is 41.8 Å². The van der Waals surface area contributed by atoms with Gasteiger partial charge in [-0.15, -0.1) is 0 Å². The molecular formula is C18H16Cl2FN3O2. The summed E-state index contributed by atoms with van der Waals surface area (Å²) in [5, 5.41) is 5.57. The van der Waals surface area contributed by atoms with Crippen LogP contribution in [-0.4, -0.2) is 24.4 Å². The molecule has 0 saturated heterocycles. The van der Waals surface area contributed by atoms with Crippen molar-refractivity contribution in [2.45, 2.75) is 18.4 Å². The largest absolute Gasteiger partial charge is 0.344 e. The van der Waals surface area contributed by atoms with Crippen molar-refractivity contribution in [3.8, 4) is 0 Å². The monoisotopic (exact) mass is 395 g/mol. The first-order valence-corrected chi connectivity index (χ1v) is 8.70. The van der Waals surface area contributed by atoms with Gasteiger partial charge in [0.15, 0.2) is 0 Å². The maximum Gasteiger partial charge on any atom is 0.313 e. The van der Waals surface area contributed by atoms with E-state index in [-0.39, 0.29) is 22.7 Å². The Bertz CT molecular complexity index is 876. The van der Waals surface area contributed by atoms with Crippen LogP contribution in [0.15, 0.2) is 36.4 Å². The molecule has 5 nitrogen and oxygen atoms in total. The maximum absolute atomic E-state index is 13.4. The fourth-order valence-electron chi connectivity index (χ4n) is 3.16. The van der Waals surface area contributed by atoms with Crippen LogP contribution in [-0.2, 0) is 16.0 Å². The number of carbonyl (C=O) groups is 2. The van der Waals surface area contributed by atoms with E-state index in [0.717, 1.165) is 17.2 Å². The molecule has 1 aliphatic rings. The van der Waals surface area contributed by atoms with Crippen LogP contribution in [0, 0.1) is 5.82 Å². The minimum atomic E-state index is -0.899. The van der Waals surface area contributed by atoms with Gasteiger partial charge in [-0.1, -0.05) is 35.3 Å². The summed E-state index contributed by atoms with van der Waals surface area (Å²) in [5.74, 6) is -2.54. The van der Waals surface area contributed by atoms with Gasteiger partial charge in [0.1, 0.15) is 5.82 Å². The van der Waals surface area contributed by atoms with Gasteiger partial charge in [-0.3, -0.25) is 9.59 Å². The van der Waals surface area contributed by atoms with Gasteiger partial charge in [0, 0.05) is 29.2 Å². The summed E-state index contributed by atoms with van der Waals surface area (Å²) in [6, 6.07) is 8.93. The number of halogens is 3. The summed E-state index contributed by atoms with van der Waals surface area (Å²) in [4.78, 5) is 24.3. The van der Waals surface area contributed by atoms with Gasteiger partial charge in [0.25, 0.3) is 0 Å². The van der Waals surface area contributed by atoms with E-state index >= 15 is 0 Å². The minimum absolute atomic E-state index is 0.0705. The summed E-state index contributed by atoms with van der Waals surface area (Å²) < 4.78 is 13.4. The highest BCUT2D eigenvalue weighted by Gasteiger charge is 2.34. The Morgan fingerprint density at radius 3 is 2.62 bits per heavy atom. The van der Waals surface area contributed by atoms with Crippen LogP contribution in [0.3, 0.4) is 0 Å². The Balaban J connectivity index is 1.68. The van der Waals surface area contributed by atoms with E-state index in [9.17, 15) is 14.0 Å². The molecule has 2 aromatic carbocycles. The first-order valence-electron chi connectivity index (χ1n) is 7.95. The Kier molecular flexibility index (Phi) is 5.46. The predicted molar refractivity (Wildman–Crippen MR) is 98.9 cm³/mol. The number of fused-ring (bicyclic) bond motifs is 1. The van der Waals surface area contributed by atoms with E-state index in [2.05, 4.69) is 10.6 Å². The average molecular weight is 396 g/mol. The molecule has 4 N–H and O–H groups in total. The van der Waals surface area contributed by atoms with Gasteiger partial charge in [-0.2, -0.15) is 0 Å². The number of nitrogens with two attached hydrogens (primary N) is 1. The molecule has 1 aliphatic carbocycles. The molecule has 26 heavy (non-hydrogen) atoms. The Hall–Kier alpha value is -2.15. The van der Waals surface area contributed by atoms with E-state index in [1.54, 1.807) is 6.07 Å². The highest BCUT2D eigenvalue weighted by Crippen LogP contribution is 2.36. The van der Waals surface area contributed by atoms with E-state index in [0.29, 0.717) is 18.0 Å². The third kappa shape index (κ3) is 3.67. The first kappa shape index (κ1) is 18.6. The molecule has 8 heteroatoms. The summed E-state index contributed by atoms with van der Waals surface area (Å²) in [6.45, 7) is 0.308. The van der Waals surface area contributed by atoms with Crippen LogP contribution >= 0.6 is 23.2 Å². The van der Waals surface area contributed by atoms with Crippen LogP contribution in [0.25, 0.3) is 0 Å². The highest BCUT2D eigenvalue weighted by molar-refractivity contribution is 6.39. The quantitative estimate of drug-likeness (QED) is 0.698. The van der Waals surface area contributed by atoms with E-state index < -0.39 is 17.6 Å². The van der Waals surface area contributed by atoms with Crippen LogP contribution in [0.4, 0.5) is 10.1 Å². The van der Waals surface area contributed by atoms with Gasteiger partial charge < -0.3 is 16.4 Å². The predicted octanol–water partition coefficient (Wildman–Crippen LogP) is 2.85. The van der Waals surface area contributed by atoms with E-state index in [1.807, 2.05) is 12.1 Å². The number of hydrogen-bond donors (Lipinski definition) is 3. The number of hydrogen-bond acceptors (Lipinski definition) is 3. The molecule has 0 aliphatic heterocycles. The smallest absolute Gasteiger partial charge is 0.313 e. The average Bonchev–Trinajstić information content (AvgIpc) is 2.96. The molecule has 0 aromatic heterocycles. The normalized spacial score (nSPS) is 18.3. The molecule has 2 aromatic rings. The summed E-state index contributed by atoms with van der Waals surface area (Å²) in [5.41, 5.74) is 7.89. The third-order valence-electron chi connectivity index (χ3n) is 4.42. The minimum Gasteiger partial charge on any atom is -0.344 e. The summed E-state index contributed by atoms with van der Waals surface area (Å²) >= 11 is 11.8. The maximum atomic E-state index is 13.4. The Morgan fingerprint density at radius 2 is 1.92 bits per heavy atom. The van der Waals surface area contributed by atoms with E-state index in [1.165, 1.54) is 12.1 Å². The molecule has 0 spiro atoms. The van der Waals surface area contributed by atoms with Gasteiger partial charge >= 0.3 is 11.8 Å². The third-order valence-corrected chi connectivity index (χ3v) is 5.08. The molecule has 3 rings (SSSR count). The van der Waals surface area contributed by atoms with Crippen molar-refractivity contribution in [3.05, 3.63) is 63.4 Å². The molecule has 2 atom stereocenters. The van der Waals surface area contributed by atoms with Crippen molar-refractivity contribution in [2.24, 2.45) is 5.73 Å². The van der Waals surface area contributed by atoms with Crippen LogP contribution < -0.4 is 16.4 Å². The van der Waals surface area contributed by atoms with Gasteiger partial charge in [0.05, 0.1) is 5.02 Å². The zero-order valence-electron chi connectivity index (χ0n) is 13.6. The lowest BCUT2D eigenvalue weighted by molar-refractivity contribution is -0.136. The molecule has 2 amide bonds. The fourth-order valence-corrected chi connectivity index (χ4v) is 3.53. The molecular weight excluding hydrogens is 380 g/mol. The second-order valence-corrected chi connectivity index (χ2v) is 6.83. The lowest BCUT2D eigenvalue weighted by atomic mass is 9.98. The van der Waals surface area contributed by atoms with E-state index in [4.69, 9.17) is 28.9 Å². The van der Waals surface area contributed by atoms with Gasteiger partial charge in [-0.25, -0.2) is 4.39 Å². The summed E-state index contributed by atoms with van der Waals surface area (Å²) in [6.07, 6.45) is 0.492. The second kappa shape index (κ2) is 7.61. The topological polar surface area (TPSA) is 84.2 Å². The zero-order chi connectivity index (χ0) is 18.8. The van der Waals surface area contributed by atoms with Crippen molar-refractivity contribution >= 4 is 40.7 Å². The molecule has 136 valence electrons. The zero-order valence-corrected chi connectivity index (χ0v) is 15.1. The lowest BCUT2D eigenvalue weighted by Crippen LogP contribution is -2.45. The highest BCUT2D eigenvalue weighted by atomic mass is 35.5. The molecule has 2 unspecified atom stereocenters. The number of nitrogens with one attached hydrogen (secondary N) is 2. The van der Waals surface area contributed by atoms with Gasteiger partial charge in [0.2, 0.25) is 0 Å². The molecule has 0 saturated carbocycles. The van der Waals surface area contributed by atoms with Crippen LogP contribution in [0.2, 0.25) is 10.0 Å². The molecule has 0 fully saturated rings. The first-order chi connectivity index (χ1) is 12.4. The summed E-state index contributed by atoms with van der Waals surface area (Å²) in [7, 11) is 0. The fraction of sp³-hybridized carbons (Fsp3) is 0.222. The number of carbonyl (C=O) groups excluding carboxylic acids is 2. The van der Waals surface area contributed by atoms with Crippen molar-refractivity contribution in [1.82, 2.24) is 5.32 Å². The standard InChI is InChI=1S/C18H16Cl2FN3O2/c19-13-3-1-2-10-11(13)7-16(12(10)8-22)24-18(26)17(25)23-9-4-5-14(20)15(21)6-9/h1-6,12,16H,7-8,22H2,(H,23,25)(H,24,26). The number of benzene rings is 2. The molecule has 0 radical (unpaired) electrons. The van der Waals surface area contributed by atoms with Crippen molar-refractivity contribution in [2.75, 3.05) is 11.9 Å². The second-order valence-electron chi connectivity index (χ2n) is 6.02. The molecule has 0 heterocycles. The van der Waals surface area contributed by atoms with Crippen LogP contribution in [0.5, 0.6) is 0 Å². The van der Waals surface area contributed by atoms with Crippen molar-refractivity contribution in [1.29, 1.82) is 0 Å². The van der Waals surface area contributed by atoms with Crippen LogP contribution in [0.1, 0.15) is 17.0 Å². The number of amides is 2. The molecule has 0 bridgehead atoms. The number of anilines is 1. The lowest BCUT2D eigenvalue weighted by Gasteiger charge is -2.20. The van der Waals surface area contributed by atoms with Crippen molar-refractivity contribution in [3.63, 3.8) is 0 Å². The SMILES string of the molecule is NCC1c2cccc(Cl)c2CC1NC(=O)C(=O)Nc1ccc(Cl)c(F)c1. The Morgan fingerprint density at radius 1 is 1.15 bits per heavy atom.